The van der Waals surface area contributed by atoms with E-state index in [1.807, 2.05) is 42.5 Å². The van der Waals surface area contributed by atoms with Gasteiger partial charge in [-0.05, 0) is 43.4 Å². The number of rotatable bonds is 5. The lowest BCUT2D eigenvalue weighted by Gasteiger charge is -2.16. The summed E-state index contributed by atoms with van der Waals surface area (Å²) in [5.74, 6) is 0.603. The zero-order valence-corrected chi connectivity index (χ0v) is 15.4. The molecule has 0 bridgehead atoms. The van der Waals surface area contributed by atoms with Crippen molar-refractivity contribution in [2.75, 3.05) is 0 Å². The number of nitrogens with one attached hydrogen (secondary N) is 3. The second-order valence-electron chi connectivity index (χ2n) is 7.24. The number of aromatic amines is 2. The average Bonchev–Trinajstić information content (AvgIpc) is 3.43. The maximum Gasteiger partial charge on any atom is 0.272 e. The van der Waals surface area contributed by atoms with Crippen LogP contribution >= 0.6 is 0 Å². The van der Waals surface area contributed by atoms with Gasteiger partial charge in [-0.25, -0.2) is 4.98 Å². The molecule has 140 valence electrons. The summed E-state index contributed by atoms with van der Waals surface area (Å²) < 4.78 is 0. The van der Waals surface area contributed by atoms with Crippen molar-refractivity contribution in [3.63, 3.8) is 0 Å². The molecule has 2 aromatic heterocycles. The van der Waals surface area contributed by atoms with Crippen LogP contribution in [0, 0.1) is 0 Å². The number of hydrogen-bond acceptors (Lipinski definition) is 3. The predicted molar refractivity (Wildman–Crippen MR) is 107 cm³/mol. The molecular formula is C22H21N5O. The van der Waals surface area contributed by atoms with Crippen LogP contribution in [0.4, 0.5) is 0 Å². The monoisotopic (exact) mass is 371 g/mol. The van der Waals surface area contributed by atoms with Gasteiger partial charge in [0, 0.05) is 11.3 Å². The highest BCUT2D eigenvalue weighted by atomic mass is 16.2. The Kier molecular flexibility index (Phi) is 4.16. The van der Waals surface area contributed by atoms with Gasteiger partial charge in [-0.1, -0.05) is 42.5 Å². The maximum atomic E-state index is 13.0. The zero-order valence-electron chi connectivity index (χ0n) is 15.4. The van der Waals surface area contributed by atoms with Gasteiger partial charge in [0.25, 0.3) is 5.91 Å². The Bertz CT molecular complexity index is 1100. The fourth-order valence-corrected chi connectivity index (χ4v) is 3.94. The van der Waals surface area contributed by atoms with Gasteiger partial charge in [0.1, 0.15) is 5.82 Å². The molecular weight excluding hydrogens is 350 g/mol. The fourth-order valence-electron chi connectivity index (χ4n) is 3.94. The Morgan fingerprint density at radius 3 is 2.75 bits per heavy atom. The number of benzene rings is 2. The molecule has 4 aromatic rings. The molecule has 3 N–H and O–H groups in total. The standard InChI is InChI=1S/C22H21N5O/c28-22(20-15-9-6-12-16(15)26-27-20)25-19(13-14-7-2-1-3-8-14)21-23-17-10-4-5-11-18(17)24-21/h1-5,7-8,10-11,19H,6,9,12-13H2,(H,23,24)(H,25,28)(H,26,27)/t19-/m1/s1. The van der Waals surface area contributed by atoms with Crippen LogP contribution < -0.4 is 5.32 Å². The second kappa shape index (κ2) is 6.96. The van der Waals surface area contributed by atoms with Crippen molar-refractivity contribution in [2.45, 2.75) is 31.7 Å². The summed E-state index contributed by atoms with van der Waals surface area (Å²) in [5.41, 5.74) is 5.66. The van der Waals surface area contributed by atoms with Gasteiger partial charge >= 0.3 is 0 Å². The van der Waals surface area contributed by atoms with Crippen molar-refractivity contribution in [1.29, 1.82) is 0 Å². The number of para-hydroxylation sites is 2. The fraction of sp³-hybridized carbons (Fsp3) is 0.227. The highest BCUT2D eigenvalue weighted by Crippen LogP contribution is 2.24. The van der Waals surface area contributed by atoms with Crippen molar-refractivity contribution < 1.29 is 4.79 Å². The molecule has 0 spiro atoms. The molecule has 0 saturated carbocycles. The third-order valence-electron chi connectivity index (χ3n) is 5.35. The van der Waals surface area contributed by atoms with E-state index in [2.05, 4.69) is 32.6 Å². The number of carbonyl (C=O) groups is 1. The number of aryl methyl sites for hydroxylation is 1. The number of imidazole rings is 1. The predicted octanol–water partition coefficient (Wildman–Crippen LogP) is 3.49. The Balaban J connectivity index is 1.47. The zero-order chi connectivity index (χ0) is 18.9. The van der Waals surface area contributed by atoms with Crippen molar-refractivity contribution >= 4 is 16.9 Å². The Morgan fingerprint density at radius 1 is 1.07 bits per heavy atom. The summed E-state index contributed by atoms with van der Waals surface area (Å²) in [6.07, 6.45) is 3.59. The number of amides is 1. The Morgan fingerprint density at radius 2 is 1.89 bits per heavy atom. The SMILES string of the molecule is O=C(N[C@H](Cc1ccccc1)c1nc2ccccc2[nH]1)c1n[nH]c2c1CCC2. The smallest absolute Gasteiger partial charge is 0.272 e. The molecule has 28 heavy (non-hydrogen) atoms. The van der Waals surface area contributed by atoms with Crippen LogP contribution in [0.5, 0.6) is 0 Å². The van der Waals surface area contributed by atoms with E-state index in [0.717, 1.165) is 52.9 Å². The van der Waals surface area contributed by atoms with E-state index in [1.54, 1.807) is 0 Å². The highest BCUT2D eigenvalue weighted by Gasteiger charge is 2.26. The van der Waals surface area contributed by atoms with E-state index in [-0.39, 0.29) is 11.9 Å². The van der Waals surface area contributed by atoms with Gasteiger partial charge in [-0.3, -0.25) is 9.89 Å². The molecule has 1 aliphatic rings. The largest absolute Gasteiger partial charge is 0.340 e. The van der Waals surface area contributed by atoms with Gasteiger partial charge in [-0.15, -0.1) is 0 Å². The van der Waals surface area contributed by atoms with E-state index in [1.165, 1.54) is 0 Å². The minimum Gasteiger partial charge on any atom is -0.340 e. The molecule has 0 radical (unpaired) electrons. The molecule has 2 aromatic carbocycles. The van der Waals surface area contributed by atoms with Crippen LogP contribution in [-0.4, -0.2) is 26.1 Å². The van der Waals surface area contributed by atoms with Crippen LogP contribution in [0.25, 0.3) is 11.0 Å². The Hall–Kier alpha value is -3.41. The first-order valence-electron chi connectivity index (χ1n) is 9.63. The Labute approximate surface area is 162 Å². The van der Waals surface area contributed by atoms with Gasteiger partial charge in [-0.2, -0.15) is 5.10 Å². The van der Waals surface area contributed by atoms with Crippen LogP contribution in [0.2, 0.25) is 0 Å². The molecule has 1 atom stereocenters. The highest BCUT2D eigenvalue weighted by molar-refractivity contribution is 5.94. The third kappa shape index (κ3) is 3.07. The number of fused-ring (bicyclic) bond motifs is 2. The average molecular weight is 371 g/mol. The quantitative estimate of drug-likeness (QED) is 0.502. The van der Waals surface area contributed by atoms with Crippen molar-refractivity contribution in [2.24, 2.45) is 0 Å². The molecule has 2 heterocycles. The summed E-state index contributed by atoms with van der Waals surface area (Å²) in [6, 6.07) is 17.8. The second-order valence-corrected chi connectivity index (χ2v) is 7.24. The molecule has 1 amide bonds. The van der Waals surface area contributed by atoms with Crippen molar-refractivity contribution in [3.05, 3.63) is 82.9 Å². The number of nitrogens with zero attached hydrogens (tertiary/aromatic N) is 2. The molecule has 6 nitrogen and oxygen atoms in total. The number of H-pyrrole nitrogens is 2. The minimum atomic E-state index is -0.268. The molecule has 0 saturated heterocycles. The number of hydrogen-bond donors (Lipinski definition) is 3. The first-order valence-corrected chi connectivity index (χ1v) is 9.63. The molecule has 0 unspecified atom stereocenters. The third-order valence-corrected chi connectivity index (χ3v) is 5.35. The first kappa shape index (κ1) is 16.7. The molecule has 0 fully saturated rings. The van der Waals surface area contributed by atoms with Gasteiger partial charge in [0.15, 0.2) is 5.69 Å². The minimum absolute atomic E-state index is 0.152. The topological polar surface area (TPSA) is 86.5 Å². The lowest BCUT2D eigenvalue weighted by atomic mass is 10.0. The van der Waals surface area contributed by atoms with Gasteiger partial charge < -0.3 is 10.3 Å². The van der Waals surface area contributed by atoms with Gasteiger partial charge in [0.2, 0.25) is 0 Å². The van der Waals surface area contributed by atoms with Gasteiger partial charge in [0.05, 0.1) is 17.1 Å². The number of carbonyl (C=O) groups excluding carboxylic acids is 1. The van der Waals surface area contributed by atoms with Crippen molar-refractivity contribution in [1.82, 2.24) is 25.5 Å². The molecule has 0 aliphatic heterocycles. The van der Waals surface area contributed by atoms with Crippen molar-refractivity contribution in [3.8, 4) is 0 Å². The summed E-state index contributed by atoms with van der Waals surface area (Å²) in [4.78, 5) is 21.1. The summed E-state index contributed by atoms with van der Waals surface area (Å²) in [6.45, 7) is 0. The summed E-state index contributed by atoms with van der Waals surface area (Å²) in [5, 5.41) is 10.4. The van der Waals surface area contributed by atoms with Crippen LogP contribution in [-0.2, 0) is 19.3 Å². The van der Waals surface area contributed by atoms with Crippen LogP contribution in [0.1, 0.15) is 45.6 Å². The first-order chi connectivity index (χ1) is 13.8. The molecule has 1 aliphatic carbocycles. The van der Waals surface area contributed by atoms with E-state index in [0.29, 0.717) is 12.1 Å². The maximum absolute atomic E-state index is 13.0. The summed E-state index contributed by atoms with van der Waals surface area (Å²) in [7, 11) is 0. The lowest BCUT2D eigenvalue weighted by Crippen LogP contribution is -2.31. The molecule has 6 heteroatoms. The normalized spacial score (nSPS) is 14.1. The van der Waals surface area contributed by atoms with E-state index in [9.17, 15) is 4.79 Å². The summed E-state index contributed by atoms with van der Waals surface area (Å²) >= 11 is 0. The van der Waals surface area contributed by atoms with E-state index in [4.69, 9.17) is 4.98 Å². The number of aromatic nitrogens is 4. The van der Waals surface area contributed by atoms with E-state index < -0.39 is 0 Å². The van der Waals surface area contributed by atoms with Crippen LogP contribution in [0.3, 0.4) is 0 Å². The van der Waals surface area contributed by atoms with Crippen LogP contribution in [0.15, 0.2) is 54.6 Å². The molecule has 5 rings (SSSR count). The lowest BCUT2D eigenvalue weighted by molar-refractivity contribution is 0.0929. The van der Waals surface area contributed by atoms with E-state index >= 15 is 0 Å².